The summed E-state index contributed by atoms with van der Waals surface area (Å²) in [6.07, 6.45) is 1.52. The fraction of sp³-hybridized carbons (Fsp3) is 0.333. The predicted molar refractivity (Wildman–Crippen MR) is 75.6 cm³/mol. The number of rotatable bonds is 4. The summed E-state index contributed by atoms with van der Waals surface area (Å²) >= 11 is 3.36. The number of aliphatic hydroxyl groups excluding tert-OH is 1. The van der Waals surface area contributed by atoms with Crippen LogP contribution in [0.2, 0.25) is 0 Å². The first kappa shape index (κ1) is 13.4. The van der Waals surface area contributed by atoms with E-state index in [1.54, 1.807) is 12.3 Å². The molecule has 1 N–H and O–H groups in total. The molecule has 1 unspecified atom stereocenters. The molecule has 0 radical (unpaired) electrons. The number of aliphatic hydroxyl groups is 1. The molecule has 0 aliphatic carbocycles. The van der Waals surface area contributed by atoms with Crippen LogP contribution in [0.1, 0.15) is 42.8 Å². The van der Waals surface area contributed by atoms with Crippen molar-refractivity contribution in [1.82, 2.24) is 0 Å². The van der Waals surface area contributed by atoms with Gasteiger partial charge in [0.25, 0.3) is 0 Å². The Hall–Kier alpha value is -1.06. The lowest BCUT2D eigenvalue weighted by Gasteiger charge is -2.10. The Kier molecular flexibility index (Phi) is 4.25. The Bertz CT molecular complexity index is 499. The first-order chi connectivity index (χ1) is 8.58. The Morgan fingerprint density at radius 3 is 2.33 bits per heavy atom. The molecule has 0 saturated carbocycles. The molecule has 1 aromatic heterocycles. The van der Waals surface area contributed by atoms with Gasteiger partial charge in [0.15, 0.2) is 0 Å². The zero-order chi connectivity index (χ0) is 13.1. The van der Waals surface area contributed by atoms with Crippen molar-refractivity contribution < 1.29 is 9.52 Å². The molecule has 18 heavy (non-hydrogen) atoms. The minimum Gasteiger partial charge on any atom is -0.465 e. The van der Waals surface area contributed by atoms with Gasteiger partial charge in [0.2, 0.25) is 0 Å². The van der Waals surface area contributed by atoms with Crippen LogP contribution in [0.25, 0.3) is 0 Å². The van der Waals surface area contributed by atoms with Crippen LogP contribution < -0.4 is 0 Å². The van der Waals surface area contributed by atoms with Crippen LogP contribution in [0.4, 0.5) is 0 Å². The fourth-order valence-corrected chi connectivity index (χ4v) is 2.36. The van der Waals surface area contributed by atoms with Gasteiger partial charge >= 0.3 is 0 Å². The van der Waals surface area contributed by atoms with E-state index in [0.717, 1.165) is 10.0 Å². The molecule has 2 aromatic rings. The van der Waals surface area contributed by atoms with Gasteiger partial charge in [-0.05, 0) is 39.0 Å². The van der Waals surface area contributed by atoms with Gasteiger partial charge in [0, 0.05) is 6.42 Å². The van der Waals surface area contributed by atoms with E-state index < -0.39 is 6.10 Å². The second-order valence-electron chi connectivity index (χ2n) is 4.75. The van der Waals surface area contributed by atoms with Crippen LogP contribution in [-0.2, 0) is 6.42 Å². The average Bonchev–Trinajstić information content (AvgIpc) is 2.76. The second kappa shape index (κ2) is 5.72. The normalized spacial score (nSPS) is 12.9. The largest absolute Gasteiger partial charge is 0.465 e. The molecule has 0 saturated heterocycles. The Labute approximate surface area is 116 Å². The number of hydrogen-bond donors (Lipinski definition) is 1. The molecular formula is C15H17BrO2. The van der Waals surface area contributed by atoms with Gasteiger partial charge in [-0.2, -0.15) is 0 Å². The number of benzene rings is 1. The van der Waals surface area contributed by atoms with Crippen molar-refractivity contribution in [2.24, 2.45) is 0 Å². The van der Waals surface area contributed by atoms with Crippen LogP contribution in [0.15, 0.2) is 45.5 Å². The number of hydrogen-bond acceptors (Lipinski definition) is 2. The third-order valence-electron chi connectivity index (χ3n) is 3.02. The summed E-state index contributed by atoms with van der Waals surface area (Å²) in [6, 6.07) is 10.2. The molecule has 0 aliphatic heterocycles. The first-order valence-corrected chi connectivity index (χ1v) is 6.87. The molecule has 3 heteroatoms. The van der Waals surface area contributed by atoms with E-state index in [-0.39, 0.29) is 0 Å². The summed E-state index contributed by atoms with van der Waals surface area (Å²) < 4.78 is 6.08. The lowest BCUT2D eigenvalue weighted by Crippen LogP contribution is -2.01. The maximum atomic E-state index is 10.1. The smallest absolute Gasteiger partial charge is 0.146 e. The lowest BCUT2D eigenvalue weighted by molar-refractivity contribution is 0.149. The number of furan rings is 1. The molecule has 96 valence electrons. The molecule has 1 atom stereocenters. The van der Waals surface area contributed by atoms with Crippen LogP contribution in [0.5, 0.6) is 0 Å². The predicted octanol–water partition coefficient (Wildman–Crippen LogP) is 4.44. The summed E-state index contributed by atoms with van der Waals surface area (Å²) in [5, 5.41) is 10.1. The van der Waals surface area contributed by atoms with E-state index in [1.807, 2.05) is 0 Å². The van der Waals surface area contributed by atoms with Crippen molar-refractivity contribution in [3.05, 3.63) is 58.0 Å². The van der Waals surface area contributed by atoms with E-state index >= 15 is 0 Å². The van der Waals surface area contributed by atoms with E-state index in [4.69, 9.17) is 4.42 Å². The third kappa shape index (κ3) is 3.03. The summed E-state index contributed by atoms with van der Waals surface area (Å²) in [5.74, 6) is 1.12. The topological polar surface area (TPSA) is 33.4 Å². The maximum Gasteiger partial charge on any atom is 0.146 e. The van der Waals surface area contributed by atoms with Gasteiger partial charge in [-0.25, -0.2) is 0 Å². The van der Waals surface area contributed by atoms with Crippen molar-refractivity contribution in [1.29, 1.82) is 0 Å². The molecule has 0 bridgehead atoms. The van der Waals surface area contributed by atoms with Gasteiger partial charge in [0.1, 0.15) is 11.9 Å². The van der Waals surface area contributed by atoms with Crippen molar-refractivity contribution in [2.45, 2.75) is 32.3 Å². The van der Waals surface area contributed by atoms with Crippen molar-refractivity contribution in [3.63, 3.8) is 0 Å². The van der Waals surface area contributed by atoms with Crippen molar-refractivity contribution >= 4 is 15.9 Å². The molecule has 0 amide bonds. The van der Waals surface area contributed by atoms with Crippen molar-refractivity contribution in [3.8, 4) is 0 Å². The fourth-order valence-electron chi connectivity index (χ4n) is 1.90. The molecule has 2 nitrogen and oxygen atoms in total. The highest BCUT2D eigenvalue weighted by molar-refractivity contribution is 9.10. The minimum absolute atomic E-state index is 0.531. The highest BCUT2D eigenvalue weighted by atomic mass is 79.9. The Morgan fingerprint density at radius 2 is 1.83 bits per heavy atom. The van der Waals surface area contributed by atoms with E-state index in [9.17, 15) is 5.11 Å². The zero-order valence-corrected chi connectivity index (χ0v) is 12.1. The monoisotopic (exact) mass is 308 g/mol. The highest BCUT2D eigenvalue weighted by Gasteiger charge is 2.15. The lowest BCUT2D eigenvalue weighted by atomic mass is 9.99. The first-order valence-electron chi connectivity index (χ1n) is 6.07. The summed E-state index contributed by atoms with van der Waals surface area (Å²) in [7, 11) is 0. The zero-order valence-electron chi connectivity index (χ0n) is 10.6. The van der Waals surface area contributed by atoms with Gasteiger partial charge in [-0.15, -0.1) is 0 Å². The van der Waals surface area contributed by atoms with Gasteiger partial charge in [-0.3, -0.25) is 0 Å². The summed E-state index contributed by atoms with van der Waals surface area (Å²) in [4.78, 5) is 0. The van der Waals surface area contributed by atoms with Gasteiger partial charge < -0.3 is 9.52 Å². The standard InChI is InChI=1S/C15H17BrO2/c1-10(2)12-5-3-11(4-6-12)9-14(17)15-13(16)7-8-18-15/h3-8,10,14,17H,9H2,1-2H3. The van der Waals surface area contributed by atoms with Gasteiger partial charge in [-0.1, -0.05) is 38.1 Å². The highest BCUT2D eigenvalue weighted by Crippen LogP contribution is 2.27. The molecule has 0 aliphatic rings. The van der Waals surface area contributed by atoms with E-state index in [2.05, 4.69) is 54.0 Å². The second-order valence-corrected chi connectivity index (χ2v) is 5.60. The Morgan fingerprint density at radius 1 is 1.17 bits per heavy atom. The molecular weight excluding hydrogens is 292 g/mol. The quantitative estimate of drug-likeness (QED) is 0.905. The van der Waals surface area contributed by atoms with Crippen LogP contribution in [0.3, 0.4) is 0 Å². The minimum atomic E-state index is -0.612. The molecule has 0 spiro atoms. The van der Waals surface area contributed by atoms with Crippen LogP contribution in [0, 0.1) is 0 Å². The Balaban J connectivity index is 2.08. The van der Waals surface area contributed by atoms with E-state index in [0.29, 0.717) is 18.1 Å². The number of halogens is 1. The van der Waals surface area contributed by atoms with E-state index in [1.165, 1.54) is 5.56 Å². The van der Waals surface area contributed by atoms with Crippen molar-refractivity contribution in [2.75, 3.05) is 0 Å². The SMILES string of the molecule is CC(C)c1ccc(CC(O)c2occc2Br)cc1. The molecule has 2 rings (SSSR count). The van der Waals surface area contributed by atoms with Crippen LogP contribution >= 0.6 is 15.9 Å². The van der Waals surface area contributed by atoms with Gasteiger partial charge in [0.05, 0.1) is 10.7 Å². The summed E-state index contributed by atoms with van der Waals surface area (Å²) in [6.45, 7) is 4.34. The maximum absolute atomic E-state index is 10.1. The molecule has 1 heterocycles. The summed E-state index contributed by atoms with van der Waals surface area (Å²) in [5.41, 5.74) is 2.42. The molecule has 0 fully saturated rings. The van der Waals surface area contributed by atoms with Crippen LogP contribution in [-0.4, -0.2) is 5.11 Å². The average molecular weight is 309 g/mol. The molecule has 1 aromatic carbocycles. The third-order valence-corrected chi connectivity index (χ3v) is 3.68.